The SMILES string of the molecule is c1ccc2cc3c(-c4ccc(-c5ccc6ccc7cccc8ccc5c6c78)cc4)cccc3cc2c1. The normalized spacial score (nSPS) is 11.9. The molecular weight excluding hydrogens is 432 g/mol. The van der Waals surface area contributed by atoms with Gasteiger partial charge >= 0.3 is 0 Å². The second-order valence-electron chi connectivity index (χ2n) is 9.77. The monoisotopic (exact) mass is 454 g/mol. The van der Waals surface area contributed by atoms with Crippen LogP contribution in [-0.4, -0.2) is 0 Å². The molecule has 0 N–H and O–H groups in total. The molecule has 0 aromatic heterocycles. The van der Waals surface area contributed by atoms with Crippen LogP contribution in [0.1, 0.15) is 0 Å². The Hall–Kier alpha value is -4.68. The largest absolute Gasteiger partial charge is 0.0616 e. The molecule has 8 aromatic rings. The Labute approximate surface area is 209 Å². The first-order chi connectivity index (χ1) is 17.8. The van der Waals surface area contributed by atoms with E-state index >= 15 is 0 Å². The maximum atomic E-state index is 2.33. The predicted molar refractivity (Wildman–Crippen MR) is 156 cm³/mol. The van der Waals surface area contributed by atoms with Gasteiger partial charge in [0.05, 0.1) is 0 Å². The molecule has 0 spiro atoms. The van der Waals surface area contributed by atoms with Gasteiger partial charge in [0.2, 0.25) is 0 Å². The second kappa shape index (κ2) is 7.41. The van der Waals surface area contributed by atoms with Gasteiger partial charge in [-0.1, -0.05) is 121 Å². The summed E-state index contributed by atoms with van der Waals surface area (Å²) in [4.78, 5) is 0. The summed E-state index contributed by atoms with van der Waals surface area (Å²) in [7, 11) is 0. The molecule has 0 heterocycles. The topological polar surface area (TPSA) is 0 Å². The van der Waals surface area contributed by atoms with Crippen LogP contribution in [0.4, 0.5) is 0 Å². The van der Waals surface area contributed by atoms with Gasteiger partial charge in [-0.3, -0.25) is 0 Å². The highest BCUT2D eigenvalue weighted by Crippen LogP contribution is 2.40. The van der Waals surface area contributed by atoms with E-state index in [1.54, 1.807) is 0 Å². The van der Waals surface area contributed by atoms with Gasteiger partial charge in [0.25, 0.3) is 0 Å². The molecule has 8 rings (SSSR count). The second-order valence-corrected chi connectivity index (χ2v) is 9.77. The first kappa shape index (κ1) is 19.6. The first-order valence-corrected chi connectivity index (χ1v) is 12.5. The molecule has 0 fully saturated rings. The van der Waals surface area contributed by atoms with Crippen molar-refractivity contribution in [1.82, 2.24) is 0 Å². The smallest absolute Gasteiger partial charge is 0.00206 e. The Balaban J connectivity index is 1.30. The van der Waals surface area contributed by atoms with Crippen molar-refractivity contribution in [3.63, 3.8) is 0 Å². The molecule has 36 heavy (non-hydrogen) atoms. The Kier molecular flexibility index (Phi) is 4.03. The molecule has 166 valence electrons. The van der Waals surface area contributed by atoms with E-state index in [1.807, 2.05) is 0 Å². The quantitative estimate of drug-likeness (QED) is 0.180. The molecule has 0 nitrogen and oxygen atoms in total. The third kappa shape index (κ3) is 2.82. The average molecular weight is 455 g/mol. The third-order valence-electron chi connectivity index (χ3n) is 7.78. The number of fused-ring (bicyclic) bond motifs is 2. The van der Waals surface area contributed by atoms with Crippen LogP contribution in [0.25, 0.3) is 76.1 Å². The zero-order valence-electron chi connectivity index (χ0n) is 19.7. The van der Waals surface area contributed by atoms with Crippen LogP contribution in [0.15, 0.2) is 133 Å². The Bertz CT molecular complexity index is 2060. The Morgan fingerprint density at radius 1 is 0.278 bits per heavy atom. The lowest BCUT2D eigenvalue weighted by molar-refractivity contribution is 1.63. The van der Waals surface area contributed by atoms with Gasteiger partial charge < -0.3 is 0 Å². The molecule has 0 saturated carbocycles. The van der Waals surface area contributed by atoms with Gasteiger partial charge in [0.15, 0.2) is 0 Å². The highest BCUT2D eigenvalue weighted by molar-refractivity contribution is 6.25. The summed E-state index contributed by atoms with van der Waals surface area (Å²) in [6.07, 6.45) is 0. The maximum absolute atomic E-state index is 2.33. The highest BCUT2D eigenvalue weighted by atomic mass is 14.2. The number of hydrogen-bond donors (Lipinski definition) is 0. The van der Waals surface area contributed by atoms with Gasteiger partial charge in [0, 0.05) is 0 Å². The van der Waals surface area contributed by atoms with Crippen LogP contribution < -0.4 is 0 Å². The van der Waals surface area contributed by atoms with Crippen LogP contribution in [0.5, 0.6) is 0 Å². The van der Waals surface area contributed by atoms with Crippen molar-refractivity contribution in [3.05, 3.63) is 133 Å². The Morgan fingerprint density at radius 2 is 0.806 bits per heavy atom. The molecule has 0 aliphatic carbocycles. The van der Waals surface area contributed by atoms with Gasteiger partial charge in [-0.05, 0) is 88.2 Å². The van der Waals surface area contributed by atoms with E-state index in [2.05, 4.69) is 133 Å². The predicted octanol–water partition coefficient (Wildman–Crippen LogP) is 10.2. The lowest BCUT2D eigenvalue weighted by Gasteiger charge is -2.14. The fourth-order valence-corrected chi connectivity index (χ4v) is 6.03. The summed E-state index contributed by atoms with van der Waals surface area (Å²) in [5.41, 5.74) is 5.07. The standard InChI is InChI=1S/C36H22/c1-2-6-29-22-34-30(21-28(29)5-1)9-4-10-31(34)23-11-13-24(14-12-23)32-19-17-27-16-15-25-7-3-8-26-18-20-33(32)36(27)35(25)26/h1-22H. The molecule has 0 heteroatoms. The molecule has 0 saturated heterocycles. The average Bonchev–Trinajstić information content (AvgIpc) is 2.94. The summed E-state index contributed by atoms with van der Waals surface area (Å²) in [5, 5.41) is 13.1. The highest BCUT2D eigenvalue weighted by Gasteiger charge is 2.12. The molecule has 0 amide bonds. The first-order valence-electron chi connectivity index (χ1n) is 12.5. The minimum atomic E-state index is 1.25. The molecule has 0 atom stereocenters. The number of hydrogen-bond acceptors (Lipinski definition) is 0. The lowest BCUT2D eigenvalue weighted by atomic mass is 9.89. The summed E-state index contributed by atoms with van der Waals surface area (Å²) in [6.45, 7) is 0. The van der Waals surface area contributed by atoms with Crippen LogP contribution in [0.3, 0.4) is 0 Å². The van der Waals surface area contributed by atoms with Crippen molar-refractivity contribution >= 4 is 53.9 Å². The fourth-order valence-electron chi connectivity index (χ4n) is 6.03. The number of rotatable bonds is 2. The molecule has 0 bridgehead atoms. The summed E-state index contributed by atoms with van der Waals surface area (Å²) < 4.78 is 0. The van der Waals surface area contributed by atoms with E-state index in [-0.39, 0.29) is 0 Å². The molecular formula is C36H22. The van der Waals surface area contributed by atoms with Gasteiger partial charge in [-0.25, -0.2) is 0 Å². The van der Waals surface area contributed by atoms with Crippen molar-refractivity contribution < 1.29 is 0 Å². The van der Waals surface area contributed by atoms with Crippen molar-refractivity contribution in [2.75, 3.05) is 0 Å². The van der Waals surface area contributed by atoms with E-state index in [0.29, 0.717) is 0 Å². The number of benzene rings is 8. The van der Waals surface area contributed by atoms with E-state index in [9.17, 15) is 0 Å². The van der Waals surface area contributed by atoms with E-state index in [4.69, 9.17) is 0 Å². The minimum Gasteiger partial charge on any atom is -0.0616 e. The van der Waals surface area contributed by atoms with Crippen molar-refractivity contribution in [2.45, 2.75) is 0 Å². The molecule has 8 aromatic carbocycles. The van der Waals surface area contributed by atoms with Crippen LogP contribution in [0.2, 0.25) is 0 Å². The lowest BCUT2D eigenvalue weighted by Crippen LogP contribution is -1.87. The van der Waals surface area contributed by atoms with Gasteiger partial charge in [-0.15, -0.1) is 0 Å². The zero-order chi connectivity index (χ0) is 23.6. The van der Waals surface area contributed by atoms with Crippen molar-refractivity contribution in [2.24, 2.45) is 0 Å². The molecule has 0 aliphatic heterocycles. The van der Waals surface area contributed by atoms with E-state index < -0.39 is 0 Å². The fraction of sp³-hybridized carbons (Fsp3) is 0. The van der Waals surface area contributed by atoms with Crippen LogP contribution in [0, 0.1) is 0 Å². The van der Waals surface area contributed by atoms with E-state index in [1.165, 1.54) is 76.1 Å². The van der Waals surface area contributed by atoms with E-state index in [0.717, 1.165) is 0 Å². The molecule has 0 radical (unpaired) electrons. The minimum absolute atomic E-state index is 1.25. The van der Waals surface area contributed by atoms with Crippen molar-refractivity contribution in [1.29, 1.82) is 0 Å². The Morgan fingerprint density at radius 3 is 1.56 bits per heavy atom. The summed E-state index contributed by atoms with van der Waals surface area (Å²) >= 11 is 0. The summed E-state index contributed by atoms with van der Waals surface area (Å²) in [6, 6.07) is 49.1. The molecule has 0 unspecified atom stereocenters. The molecule has 0 aliphatic rings. The van der Waals surface area contributed by atoms with Crippen molar-refractivity contribution in [3.8, 4) is 22.3 Å². The van der Waals surface area contributed by atoms with Crippen LogP contribution >= 0.6 is 0 Å². The maximum Gasteiger partial charge on any atom is -0.00206 e. The third-order valence-corrected chi connectivity index (χ3v) is 7.78. The van der Waals surface area contributed by atoms with Gasteiger partial charge in [0.1, 0.15) is 0 Å². The zero-order valence-corrected chi connectivity index (χ0v) is 19.7. The summed E-state index contributed by atoms with van der Waals surface area (Å²) in [5.74, 6) is 0. The van der Waals surface area contributed by atoms with Crippen LogP contribution in [-0.2, 0) is 0 Å². The van der Waals surface area contributed by atoms with Gasteiger partial charge in [-0.2, -0.15) is 0 Å².